The van der Waals surface area contributed by atoms with Gasteiger partial charge in [-0.25, -0.2) is 0 Å². The third kappa shape index (κ3) is 3.85. The fourth-order valence-corrected chi connectivity index (χ4v) is 2.07. The van der Waals surface area contributed by atoms with E-state index in [9.17, 15) is 5.11 Å². The first-order valence-corrected chi connectivity index (χ1v) is 6.77. The van der Waals surface area contributed by atoms with E-state index >= 15 is 0 Å². The summed E-state index contributed by atoms with van der Waals surface area (Å²) in [6.07, 6.45) is 0.964. The van der Waals surface area contributed by atoms with Crippen LogP contribution in [0.4, 0.5) is 0 Å². The van der Waals surface area contributed by atoms with Gasteiger partial charge in [-0.05, 0) is 35.7 Å². The minimum atomic E-state index is -0.604. The van der Waals surface area contributed by atoms with Crippen LogP contribution in [0, 0.1) is 0 Å². The number of aliphatic hydroxyl groups is 1. The molecule has 0 amide bonds. The van der Waals surface area contributed by atoms with E-state index in [-0.39, 0.29) is 0 Å². The van der Waals surface area contributed by atoms with Crippen molar-refractivity contribution >= 4 is 0 Å². The van der Waals surface area contributed by atoms with Crippen molar-refractivity contribution in [3.63, 3.8) is 0 Å². The summed E-state index contributed by atoms with van der Waals surface area (Å²) < 4.78 is 10.3. The molecule has 4 heteroatoms. The van der Waals surface area contributed by atoms with Gasteiger partial charge in [-0.3, -0.25) is 0 Å². The third-order valence-electron chi connectivity index (χ3n) is 3.34. The Morgan fingerprint density at radius 3 is 2.55 bits per heavy atom. The van der Waals surface area contributed by atoms with Gasteiger partial charge in [0, 0.05) is 13.1 Å². The monoisotopic (exact) mass is 275 g/mol. The summed E-state index contributed by atoms with van der Waals surface area (Å²) in [5.41, 5.74) is 1.24. The summed E-state index contributed by atoms with van der Waals surface area (Å²) in [5.74, 6) is 1.82. The van der Waals surface area contributed by atoms with E-state index in [0.29, 0.717) is 18.2 Å². The topological polar surface area (TPSA) is 54.6 Å². The molecule has 0 aliphatic heterocycles. The first-order valence-electron chi connectivity index (χ1n) is 6.77. The molecule has 0 aliphatic carbocycles. The lowest BCUT2D eigenvalue weighted by molar-refractivity contribution is 0.147. The van der Waals surface area contributed by atoms with Gasteiger partial charge in [-0.15, -0.1) is 0 Å². The summed E-state index contributed by atoms with van der Waals surface area (Å²) in [6, 6.07) is 11.6. The first-order chi connectivity index (χ1) is 9.70. The van der Waals surface area contributed by atoms with Crippen molar-refractivity contribution in [1.82, 2.24) is 5.32 Å². The highest BCUT2D eigenvalue weighted by Gasteiger charge is 2.11. The molecule has 20 heavy (non-hydrogen) atoms. The number of benzene rings is 1. The highest BCUT2D eigenvalue weighted by atomic mass is 16.5. The maximum Gasteiger partial charge on any atom is 0.133 e. The number of furan rings is 1. The summed E-state index contributed by atoms with van der Waals surface area (Å²) in [5, 5.41) is 13.1. The van der Waals surface area contributed by atoms with E-state index in [1.54, 1.807) is 25.5 Å². The predicted molar refractivity (Wildman–Crippen MR) is 77.9 cm³/mol. The van der Waals surface area contributed by atoms with Crippen molar-refractivity contribution in [2.75, 3.05) is 20.2 Å². The Kier molecular flexibility index (Phi) is 5.21. The van der Waals surface area contributed by atoms with Crippen LogP contribution in [-0.2, 0) is 0 Å². The number of hydrogen-bond donors (Lipinski definition) is 2. The Morgan fingerprint density at radius 2 is 1.95 bits per heavy atom. The zero-order valence-corrected chi connectivity index (χ0v) is 11.9. The summed E-state index contributed by atoms with van der Waals surface area (Å²) in [7, 11) is 1.66. The molecule has 0 saturated heterocycles. The largest absolute Gasteiger partial charge is 0.497 e. The van der Waals surface area contributed by atoms with Gasteiger partial charge in [0.05, 0.1) is 13.4 Å². The summed E-state index contributed by atoms with van der Waals surface area (Å²) >= 11 is 0. The van der Waals surface area contributed by atoms with E-state index in [2.05, 4.69) is 24.4 Å². The lowest BCUT2D eigenvalue weighted by Gasteiger charge is -2.15. The van der Waals surface area contributed by atoms with E-state index < -0.39 is 6.10 Å². The molecular weight excluding hydrogens is 254 g/mol. The number of hydrogen-bond acceptors (Lipinski definition) is 4. The highest BCUT2D eigenvalue weighted by molar-refractivity contribution is 5.29. The second kappa shape index (κ2) is 7.12. The zero-order valence-electron chi connectivity index (χ0n) is 11.9. The molecule has 0 spiro atoms. The quantitative estimate of drug-likeness (QED) is 0.816. The zero-order chi connectivity index (χ0) is 14.4. The first kappa shape index (κ1) is 14.6. The Bertz CT molecular complexity index is 493. The van der Waals surface area contributed by atoms with Crippen LogP contribution in [0.3, 0.4) is 0 Å². The van der Waals surface area contributed by atoms with Crippen molar-refractivity contribution in [3.05, 3.63) is 54.0 Å². The maximum absolute atomic E-state index is 9.89. The number of ether oxygens (including phenoxy) is 1. The smallest absolute Gasteiger partial charge is 0.133 e. The minimum Gasteiger partial charge on any atom is -0.497 e. The Hall–Kier alpha value is -1.78. The number of nitrogens with one attached hydrogen (secondary N) is 1. The molecule has 1 heterocycles. The van der Waals surface area contributed by atoms with Gasteiger partial charge in [0.1, 0.15) is 17.6 Å². The van der Waals surface area contributed by atoms with Crippen LogP contribution in [0.2, 0.25) is 0 Å². The minimum absolute atomic E-state index is 0.365. The van der Waals surface area contributed by atoms with Gasteiger partial charge in [0.2, 0.25) is 0 Å². The normalized spacial score (nSPS) is 13.9. The second-order valence-electron chi connectivity index (χ2n) is 4.86. The molecule has 2 aromatic rings. The SMILES string of the molecule is COc1ccc(C(C)CNCC(O)c2ccco2)cc1. The van der Waals surface area contributed by atoms with Gasteiger partial charge < -0.3 is 19.6 Å². The van der Waals surface area contributed by atoms with Crippen LogP contribution in [0.15, 0.2) is 47.1 Å². The molecule has 0 fully saturated rings. The fourth-order valence-electron chi connectivity index (χ4n) is 2.07. The molecule has 0 aliphatic rings. The molecule has 1 aromatic heterocycles. The molecule has 2 rings (SSSR count). The van der Waals surface area contributed by atoms with Crippen molar-refractivity contribution in [2.24, 2.45) is 0 Å². The Labute approximate surface area is 119 Å². The number of methoxy groups -OCH3 is 1. The van der Waals surface area contributed by atoms with E-state index in [1.807, 2.05) is 12.1 Å². The second-order valence-corrected chi connectivity index (χ2v) is 4.86. The lowest BCUT2D eigenvalue weighted by atomic mass is 10.0. The van der Waals surface area contributed by atoms with Crippen molar-refractivity contribution in [3.8, 4) is 5.75 Å². The Balaban J connectivity index is 1.78. The molecule has 1 aromatic carbocycles. The maximum atomic E-state index is 9.89. The van der Waals surface area contributed by atoms with Gasteiger partial charge in [-0.1, -0.05) is 19.1 Å². The third-order valence-corrected chi connectivity index (χ3v) is 3.34. The van der Waals surface area contributed by atoms with Gasteiger partial charge in [0.15, 0.2) is 0 Å². The van der Waals surface area contributed by atoms with Crippen LogP contribution in [0.1, 0.15) is 30.3 Å². The van der Waals surface area contributed by atoms with Crippen LogP contribution in [0.5, 0.6) is 5.75 Å². The van der Waals surface area contributed by atoms with Crippen molar-refractivity contribution < 1.29 is 14.3 Å². The molecule has 0 saturated carbocycles. The average molecular weight is 275 g/mol. The van der Waals surface area contributed by atoms with Gasteiger partial charge >= 0.3 is 0 Å². The van der Waals surface area contributed by atoms with E-state index in [1.165, 1.54) is 5.56 Å². The van der Waals surface area contributed by atoms with Crippen LogP contribution >= 0.6 is 0 Å². The summed E-state index contributed by atoms with van der Waals surface area (Å²) in [6.45, 7) is 3.42. The van der Waals surface area contributed by atoms with Gasteiger partial charge in [0.25, 0.3) is 0 Å². The molecule has 2 atom stereocenters. The standard InChI is InChI=1S/C16H21NO3/c1-12(13-5-7-14(19-2)8-6-13)10-17-11-15(18)16-4-3-9-20-16/h3-9,12,15,17-18H,10-11H2,1-2H3. The molecular formula is C16H21NO3. The van der Waals surface area contributed by atoms with Crippen LogP contribution in [-0.4, -0.2) is 25.3 Å². The molecule has 2 N–H and O–H groups in total. The predicted octanol–water partition coefficient (Wildman–Crippen LogP) is 2.71. The van der Waals surface area contributed by atoms with E-state index in [4.69, 9.17) is 9.15 Å². The van der Waals surface area contributed by atoms with Crippen molar-refractivity contribution in [1.29, 1.82) is 0 Å². The Morgan fingerprint density at radius 1 is 1.20 bits per heavy atom. The lowest BCUT2D eigenvalue weighted by Crippen LogP contribution is -2.25. The molecule has 4 nitrogen and oxygen atoms in total. The molecule has 0 bridgehead atoms. The van der Waals surface area contributed by atoms with Crippen LogP contribution < -0.4 is 10.1 Å². The fraction of sp³-hybridized carbons (Fsp3) is 0.375. The van der Waals surface area contributed by atoms with Crippen LogP contribution in [0.25, 0.3) is 0 Å². The van der Waals surface area contributed by atoms with E-state index in [0.717, 1.165) is 12.3 Å². The number of rotatable bonds is 7. The molecule has 108 valence electrons. The highest BCUT2D eigenvalue weighted by Crippen LogP contribution is 2.19. The number of aliphatic hydroxyl groups excluding tert-OH is 1. The molecule has 0 radical (unpaired) electrons. The summed E-state index contributed by atoms with van der Waals surface area (Å²) in [4.78, 5) is 0. The average Bonchev–Trinajstić information content (AvgIpc) is 3.01. The van der Waals surface area contributed by atoms with Gasteiger partial charge in [-0.2, -0.15) is 0 Å². The van der Waals surface area contributed by atoms with Crippen molar-refractivity contribution in [2.45, 2.75) is 18.9 Å². The molecule has 2 unspecified atom stereocenters.